The van der Waals surface area contributed by atoms with Crippen molar-refractivity contribution in [3.63, 3.8) is 0 Å². The Morgan fingerprint density at radius 3 is 2.40 bits per heavy atom. The molecule has 7 heteroatoms. The molecule has 0 saturated heterocycles. The van der Waals surface area contributed by atoms with Crippen molar-refractivity contribution in [2.45, 2.75) is 53.1 Å². The van der Waals surface area contributed by atoms with Crippen molar-refractivity contribution in [2.75, 3.05) is 6.54 Å². The maximum absolute atomic E-state index is 12.1. The minimum atomic E-state index is -0.508. The summed E-state index contributed by atoms with van der Waals surface area (Å²) in [5.41, 5.74) is 7.87. The summed E-state index contributed by atoms with van der Waals surface area (Å²) in [5.74, 6) is 0.885. The van der Waals surface area contributed by atoms with Crippen LogP contribution in [0, 0.1) is 5.41 Å². The molecule has 1 amide bonds. The molecule has 2 rings (SSSR count). The van der Waals surface area contributed by atoms with Crippen LogP contribution < -0.4 is 11.1 Å². The molecule has 0 aliphatic carbocycles. The number of amides is 1. The quantitative estimate of drug-likeness (QED) is 0.822. The average Bonchev–Trinajstić information content (AvgIpc) is 2.83. The Hall–Kier alpha value is -1.30. The molecule has 1 atom stereocenters. The first-order chi connectivity index (χ1) is 10.7. The second kappa shape index (κ2) is 9.41. The third-order valence-electron chi connectivity index (χ3n) is 4.05. The van der Waals surface area contributed by atoms with E-state index in [1.807, 2.05) is 39.0 Å². The highest BCUT2D eigenvalue weighted by Gasteiger charge is 2.27. The van der Waals surface area contributed by atoms with Gasteiger partial charge in [-0.3, -0.25) is 4.79 Å². The van der Waals surface area contributed by atoms with E-state index in [0.717, 1.165) is 16.9 Å². The number of fused-ring (bicyclic) bond motifs is 1. The number of aromatic nitrogens is 2. The van der Waals surface area contributed by atoms with Crippen molar-refractivity contribution < 1.29 is 4.79 Å². The number of carbonyl (C=O) groups excluding carboxylic acids is 1. The Morgan fingerprint density at radius 1 is 1.24 bits per heavy atom. The Balaban J connectivity index is 0.00000288. The van der Waals surface area contributed by atoms with Gasteiger partial charge in [-0.05, 0) is 31.4 Å². The standard InChI is InChI=1S/C18H28N4O.2ClH/c1-12(2)22-14-9-7-6-8-13(14)21-15(22)10-11-20-17(23)16(19)18(3,4)5;;/h6-9,12,16H,10-11,19H2,1-5H3,(H,20,23);2*1H/t16-;;/m1../s1. The Morgan fingerprint density at radius 2 is 1.84 bits per heavy atom. The molecular formula is C18H30Cl2N4O. The number of hydrogen-bond acceptors (Lipinski definition) is 3. The molecule has 142 valence electrons. The van der Waals surface area contributed by atoms with Crippen LogP contribution in [0.3, 0.4) is 0 Å². The number of rotatable bonds is 5. The van der Waals surface area contributed by atoms with Gasteiger partial charge in [-0.15, -0.1) is 24.8 Å². The van der Waals surface area contributed by atoms with E-state index in [4.69, 9.17) is 10.7 Å². The number of nitrogens with zero attached hydrogens (tertiary/aromatic N) is 2. The second-order valence-corrected chi connectivity index (χ2v) is 7.37. The molecule has 25 heavy (non-hydrogen) atoms. The number of carbonyl (C=O) groups is 1. The van der Waals surface area contributed by atoms with Gasteiger partial charge in [-0.1, -0.05) is 32.9 Å². The summed E-state index contributed by atoms with van der Waals surface area (Å²) in [7, 11) is 0. The highest BCUT2D eigenvalue weighted by molar-refractivity contribution is 5.85. The van der Waals surface area contributed by atoms with Gasteiger partial charge in [-0.2, -0.15) is 0 Å². The van der Waals surface area contributed by atoms with Gasteiger partial charge in [-0.25, -0.2) is 4.98 Å². The predicted octanol–water partition coefficient (Wildman–Crippen LogP) is 3.49. The van der Waals surface area contributed by atoms with E-state index in [0.29, 0.717) is 19.0 Å². The van der Waals surface area contributed by atoms with Crippen molar-refractivity contribution in [1.29, 1.82) is 0 Å². The summed E-state index contributed by atoms with van der Waals surface area (Å²) in [5, 5.41) is 2.93. The Labute approximate surface area is 162 Å². The van der Waals surface area contributed by atoms with Crippen molar-refractivity contribution in [1.82, 2.24) is 14.9 Å². The van der Waals surface area contributed by atoms with E-state index in [1.54, 1.807) is 0 Å². The lowest BCUT2D eigenvalue weighted by molar-refractivity contribution is -0.124. The van der Waals surface area contributed by atoms with Gasteiger partial charge in [0.05, 0.1) is 17.1 Å². The molecule has 0 radical (unpaired) electrons. The number of halogens is 2. The van der Waals surface area contributed by atoms with Gasteiger partial charge in [0, 0.05) is 19.0 Å². The van der Waals surface area contributed by atoms with E-state index in [9.17, 15) is 4.79 Å². The fraction of sp³-hybridized carbons (Fsp3) is 0.556. The zero-order valence-corrected chi connectivity index (χ0v) is 17.2. The Bertz CT molecular complexity index is 692. The zero-order chi connectivity index (χ0) is 17.2. The van der Waals surface area contributed by atoms with Crippen LogP contribution in [-0.4, -0.2) is 28.0 Å². The lowest BCUT2D eigenvalue weighted by Crippen LogP contribution is -2.49. The zero-order valence-electron chi connectivity index (χ0n) is 15.6. The minimum Gasteiger partial charge on any atom is -0.354 e. The van der Waals surface area contributed by atoms with Crippen molar-refractivity contribution in [3.05, 3.63) is 30.1 Å². The summed E-state index contributed by atoms with van der Waals surface area (Å²) < 4.78 is 2.23. The summed E-state index contributed by atoms with van der Waals surface area (Å²) >= 11 is 0. The van der Waals surface area contributed by atoms with Crippen LogP contribution >= 0.6 is 24.8 Å². The molecule has 1 heterocycles. The number of benzene rings is 1. The number of hydrogen-bond donors (Lipinski definition) is 2. The van der Waals surface area contributed by atoms with Crippen molar-refractivity contribution >= 4 is 41.8 Å². The van der Waals surface area contributed by atoms with Gasteiger partial charge in [0.25, 0.3) is 0 Å². The maximum atomic E-state index is 12.1. The lowest BCUT2D eigenvalue weighted by Gasteiger charge is -2.25. The molecule has 1 aromatic heterocycles. The van der Waals surface area contributed by atoms with E-state index in [-0.39, 0.29) is 36.1 Å². The van der Waals surface area contributed by atoms with Gasteiger partial charge in [0.15, 0.2) is 0 Å². The predicted molar refractivity (Wildman–Crippen MR) is 109 cm³/mol. The van der Waals surface area contributed by atoms with Crippen LogP contribution in [-0.2, 0) is 11.2 Å². The molecule has 0 fully saturated rings. The molecule has 2 aromatic rings. The van der Waals surface area contributed by atoms with E-state index >= 15 is 0 Å². The summed E-state index contributed by atoms with van der Waals surface area (Å²) in [6.07, 6.45) is 0.690. The molecule has 0 aliphatic rings. The third-order valence-corrected chi connectivity index (χ3v) is 4.05. The molecule has 0 spiro atoms. The van der Waals surface area contributed by atoms with Crippen LogP contribution in [0.4, 0.5) is 0 Å². The number of nitrogens with one attached hydrogen (secondary N) is 1. The second-order valence-electron chi connectivity index (χ2n) is 7.37. The molecule has 0 unspecified atom stereocenters. The normalized spacial score (nSPS) is 12.4. The average molecular weight is 389 g/mol. The van der Waals surface area contributed by atoms with Gasteiger partial charge >= 0.3 is 0 Å². The molecule has 0 aliphatic heterocycles. The highest BCUT2D eigenvalue weighted by Crippen LogP contribution is 2.21. The van der Waals surface area contributed by atoms with Gasteiger partial charge in [0.2, 0.25) is 5.91 Å². The van der Waals surface area contributed by atoms with Gasteiger partial charge < -0.3 is 15.6 Å². The van der Waals surface area contributed by atoms with Crippen molar-refractivity contribution in [2.24, 2.45) is 11.1 Å². The summed E-state index contributed by atoms with van der Waals surface area (Å²) in [4.78, 5) is 16.8. The van der Waals surface area contributed by atoms with Crippen molar-refractivity contribution in [3.8, 4) is 0 Å². The van der Waals surface area contributed by atoms with Crippen LogP contribution in [0.15, 0.2) is 24.3 Å². The monoisotopic (exact) mass is 388 g/mol. The van der Waals surface area contributed by atoms with Crippen LogP contribution in [0.2, 0.25) is 0 Å². The molecule has 5 nitrogen and oxygen atoms in total. The van der Waals surface area contributed by atoms with Gasteiger partial charge in [0.1, 0.15) is 5.82 Å². The van der Waals surface area contributed by atoms with E-state index < -0.39 is 6.04 Å². The van der Waals surface area contributed by atoms with Crippen LogP contribution in [0.25, 0.3) is 11.0 Å². The number of imidazole rings is 1. The first kappa shape index (κ1) is 23.7. The summed E-state index contributed by atoms with van der Waals surface area (Å²) in [6, 6.07) is 7.94. The molecule has 0 bridgehead atoms. The first-order valence-electron chi connectivity index (χ1n) is 8.21. The smallest absolute Gasteiger partial charge is 0.237 e. The minimum absolute atomic E-state index is 0. The van der Waals surface area contributed by atoms with Crippen LogP contribution in [0.1, 0.15) is 46.5 Å². The SMILES string of the molecule is CC(C)n1c(CCNC(=O)[C@@H](N)C(C)(C)C)nc2ccccc21.Cl.Cl. The van der Waals surface area contributed by atoms with Crippen LogP contribution in [0.5, 0.6) is 0 Å². The number of para-hydroxylation sites is 2. The largest absolute Gasteiger partial charge is 0.354 e. The molecular weight excluding hydrogens is 359 g/mol. The first-order valence-corrected chi connectivity index (χ1v) is 8.21. The fourth-order valence-corrected chi connectivity index (χ4v) is 2.65. The maximum Gasteiger partial charge on any atom is 0.237 e. The van der Waals surface area contributed by atoms with E-state index in [1.165, 1.54) is 0 Å². The van der Waals surface area contributed by atoms with E-state index in [2.05, 4.69) is 29.8 Å². The Kier molecular flexibility index (Phi) is 8.92. The highest BCUT2D eigenvalue weighted by atomic mass is 35.5. The summed E-state index contributed by atoms with van der Waals surface area (Å²) in [6.45, 7) is 10.7. The molecule has 1 aromatic carbocycles. The third kappa shape index (κ3) is 5.59. The molecule has 0 saturated carbocycles. The molecule has 3 N–H and O–H groups in total. The number of nitrogens with two attached hydrogens (primary N) is 1. The topological polar surface area (TPSA) is 72.9 Å². The fourth-order valence-electron chi connectivity index (χ4n) is 2.65. The lowest BCUT2D eigenvalue weighted by atomic mass is 9.87.